The molecule has 0 aliphatic carbocycles. The monoisotopic (exact) mass is 316 g/mol. The Morgan fingerprint density at radius 1 is 1.26 bits per heavy atom. The molecule has 122 valence electrons. The van der Waals surface area contributed by atoms with Crippen molar-refractivity contribution in [3.8, 4) is 0 Å². The Labute approximate surface area is 133 Å². The second-order valence-corrected chi connectivity index (χ2v) is 6.44. The van der Waals surface area contributed by atoms with E-state index < -0.39 is 5.76 Å². The summed E-state index contributed by atoms with van der Waals surface area (Å²) in [6.45, 7) is 0.0422. The van der Waals surface area contributed by atoms with Crippen LogP contribution in [0.25, 0.3) is 11.1 Å². The molecule has 0 radical (unpaired) electrons. The molecule has 4 rings (SSSR count). The number of nitrogens with zero attached hydrogens (tertiary/aromatic N) is 2. The topological polar surface area (TPSA) is 64.7 Å². The molecular formula is C17H20N2O4. The molecular weight excluding hydrogens is 296 g/mol. The highest BCUT2D eigenvalue weighted by molar-refractivity contribution is 5.80. The minimum absolute atomic E-state index is 0.000654. The van der Waals surface area contributed by atoms with Crippen LogP contribution in [-0.4, -0.2) is 40.7 Å². The summed E-state index contributed by atoms with van der Waals surface area (Å²) < 4.78 is 12.1. The molecule has 0 spiro atoms. The number of oxazole rings is 1. The first-order valence-corrected chi connectivity index (χ1v) is 8.09. The predicted molar refractivity (Wildman–Crippen MR) is 84.2 cm³/mol. The van der Waals surface area contributed by atoms with E-state index in [0.717, 1.165) is 25.7 Å². The highest BCUT2D eigenvalue weighted by Gasteiger charge is 2.43. The Balaban J connectivity index is 1.59. The predicted octanol–water partition coefficient (Wildman–Crippen LogP) is 1.76. The highest BCUT2D eigenvalue weighted by atomic mass is 16.5. The Morgan fingerprint density at radius 2 is 1.96 bits per heavy atom. The van der Waals surface area contributed by atoms with Crippen molar-refractivity contribution in [1.82, 2.24) is 9.47 Å². The number of para-hydroxylation sites is 2. The van der Waals surface area contributed by atoms with Crippen LogP contribution in [0.3, 0.4) is 0 Å². The van der Waals surface area contributed by atoms with Crippen LogP contribution >= 0.6 is 0 Å². The number of carbonyl (C=O) groups excluding carboxylic acids is 1. The third-order valence-corrected chi connectivity index (χ3v) is 5.18. The number of ether oxygens (including phenoxy) is 1. The number of methoxy groups -OCH3 is 1. The SMILES string of the molecule is COC1CC2CCC(C1)N2C(=O)Cn1c(=O)oc2ccccc21. The minimum atomic E-state index is -0.473. The zero-order chi connectivity index (χ0) is 16.0. The smallest absolute Gasteiger partial charge is 0.408 e. The maximum Gasteiger partial charge on any atom is 0.420 e. The number of hydrogen-bond acceptors (Lipinski definition) is 4. The maximum absolute atomic E-state index is 12.8. The molecule has 2 aromatic rings. The first-order valence-electron chi connectivity index (χ1n) is 8.09. The van der Waals surface area contributed by atoms with E-state index in [9.17, 15) is 9.59 Å². The number of fused-ring (bicyclic) bond motifs is 3. The zero-order valence-electron chi connectivity index (χ0n) is 13.1. The molecule has 2 atom stereocenters. The number of piperidine rings is 1. The fourth-order valence-electron chi connectivity index (χ4n) is 4.11. The molecule has 0 N–H and O–H groups in total. The normalized spacial score (nSPS) is 26.8. The van der Waals surface area contributed by atoms with Crippen LogP contribution in [0.2, 0.25) is 0 Å². The van der Waals surface area contributed by atoms with Crippen molar-refractivity contribution >= 4 is 17.0 Å². The van der Waals surface area contributed by atoms with E-state index in [0.29, 0.717) is 11.1 Å². The van der Waals surface area contributed by atoms with Gasteiger partial charge in [0.1, 0.15) is 6.54 Å². The Bertz CT molecular complexity index is 779. The summed E-state index contributed by atoms with van der Waals surface area (Å²) in [6, 6.07) is 7.67. The molecule has 1 aromatic carbocycles. The van der Waals surface area contributed by atoms with Gasteiger partial charge in [0, 0.05) is 19.2 Å². The standard InChI is InChI=1S/C17H20N2O4/c1-22-13-8-11-6-7-12(9-13)19(11)16(20)10-18-14-4-2-3-5-15(14)23-17(18)21/h2-5,11-13H,6-10H2,1H3. The van der Waals surface area contributed by atoms with Crippen molar-refractivity contribution in [3.05, 3.63) is 34.8 Å². The van der Waals surface area contributed by atoms with Crippen LogP contribution in [0.15, 0.2) is 33.5 Å². The number of amides is 1. The van der Waals surface area contributed by atoms with Gasteiger partial charge in [-0.3, -0.25) is 9.36 Å². The fraction of sp³-hybridized carbons (Fsp3) is 0.529. The van der Waals surface area contributed by atoms with Gasteiger partial charge in [0.05, 0.1) is 11.6 Å². The van der Waals surface area contributed by atoms with Crippen LogP contribution in [0.5, 0.6) is 0 Å². The highest BCUT2D eigenvalue weighted by Crippen LogP contribution is 2.36. The quantitative estimate of drug-likeness (QED) is 0.865. The molecule has 0 saturated carbocycles. The van der Waals surface area contributed by atoms with E-state index >= 15 is 0 Å². The number of carbonyl (C=O) groups is 1. The first kappa shape index (κ1) is 14.5. The molecule has 2 aliphatic rings. The minimum Gasteiger partial charge on any atom is -0.408 e. The average molecular weight is 316 g/mol. The summed E-state index contributed by atoms with van der Waals surface area (Å²) in [4.78, 5) is 26.8. The molecule has 2 aliphatic heterocycles. The van der Waals surface area contributed by atoms with Crippen LogP contribution in [0, 0.1) is 0 Å². The lowest BCUT2D eigenvalue weighted by Crippen LogP contribution is -2.49. The lowest BCUT2D eigenvalue weighted by atomic mass is 9.99. The summed E-state index contributed by atoms with van der Waals surface area (Å²) in [5.41, 5.74) is 1.19. The van der Waals surface area contributed by atoms with Crippen LogP contribution in [0.1, 0.15) is 25.7 Å². The van der Waals surface area contributed by atoms with E-state index in [4.69, 9.17) is 9.15 Å². The molecule has 6 nitrogen and oxygen atoms in total. The van der Waals surface area contributed by atoms with E-state index in [1.807, 2.05) is 17.0 Å². The molecule has 1 amide bonds. The van der Waals surface area contributed by atoms with Crippen LogP contribution in [0.4, 0.5) is 0 Å². The summed E-state index contributed by atoms with van der Waals surface area (Å²) in [7, 11) is 1.73. The van der Waals surface area contributed by atoms with Crippen molar-refractivity contribution in [2.45, 2.75) is 50.4 Å². The van der Waals surface area contributed by atoms with Crippen molar-refractivity contribution in [2.24, 2.45) is 0 Å². The van der Waals surface area contributed by atoms with Crippen molar-refractivity contribution in [3.63, 3.8) is 0 Å². The Hall–Kier alpha value is -2.08. The second kappa shape index (κ2) is 5.53. The molecule has 2 unspecified atom stereocenters. The van der Waals surface area contributed by atoms with Crippen molar-refractivity contribution in [1.29, 1.82) is 0 Å². The lowest BCUT2D eigenvalue weighted by molar-refractivity contribution is -0.138. The van der Waals surface area contributed by atoms with Gasteiger partial charge < -0.3 is 14.1 Å². The van der Waals surface area contributed by atoms with Gasteiger partial charge in [0.25, 0.3) is 0 Å². The maximum atomic E-state index is 12.8. The average Bonchev–Trinajstić information content (AvgIpc) is 3.01. The first-order chi connectivity index (χ1) is 11.2. The van der Waals surface area contributed by atoms with Gasteiger partial charge in [0.2, 0.25) is 5.91 Å². The summed E-state index contributed by atoms with van der Waals surface area (Å²) in [5.74, 6) is -0.473. The van der Waals surface area contributed by atoms with E-state index in [1.54, 1.807) is 19.2 Å². The van der Waals surface area contributed by atoms with E-state index in [-0.39, 0.29) is 30.6 Å². The van der Waals surface area contributed by atoms with Gasteiger partial charge in [-0.1, -0.05) is 12.1 Å². The zero-order valence-corrected chi connectivity index (χ0v) is 13.1. The largest absolute Gasteiger partial charge is 0.420 e. The van der Waals surface area contributed by atoms with Gasteiger partial charge in [0.15, 0.2) is 5.58 Å². The van der Waals surface area contributed by atoms with Crippen molar-refractivity contribution in [2.75, 3.05) is 7.11 Å². The van der Waals surface area contributed by atoms with Gasteiger partial charge in [-0.25, -0.2) is 4.79 Å². The molecule has 2 bridgehead atoms. The molecule has 3 heterocycles. The lowest BCUT2D eigenvalue weighted by Gasteiger charge is -2.38. The molecule has 2 fully saturated rings. The Morgan fingerprint density at radius 3 is 2.65 bits per heavy atom. The summed E-state index contributed by atoms with van der Waals surface area (Å²) in [6.07, 6.45) is 4.07. The molecule has 1 aromatic heterocycles. The third-order valence-electron chi connectivity index (χ3n) is 5.18. The number of aromatic nitrogens is 1. The van der Waals surface area contributed by atoms with Gasteiger partial charge in [-0.15, -0.1) is 0 Å². The van der Waals surface area contributed by atoms with Crippen LogP contribution < -0.4 is 5.76 Å². The van der Waals surface area contributed by atoms with E-state index in [2.05, 4.69) is 0 Å². The van der Waals surface area contributed by atoms with Gasteiger partial charge in [-0.2, -0.15) is 0 Å². The van der Waals surface area contributed by atoms with Crippen molar-refractivity contribution < 1.29 is 13.9 Å². The number of hydrogen-bond donors (Lipinski definition) is 0. The fourth-order valence-corrected chi connectivity index (χ4v) is 4.11. The van der Waals surface area contributed by atoms with Crippen LogP contribution in [-0.2, 0) is 16.1 Å². The molecule has 2 saturated heterocycles. The second-order valence-electron chi connectivity index (χ2n) is 6.44. The molecule has 6 heteroatoms. The summed E-state index contributed by atoms with van der Waals surface area (Å²) >= 11 is 0. The van der Waals surface area contributed by atoms with E-state index in [1.165, 1.54) is 4.57 Å². The van der Waals surface area contributed by atoms with Gasteiger partial charge in [-0.05, 0) is 37.8 Å². The van der Waals surface area contributed by atoms with Gasteiger partial charge >= 0.3 is 5.76 Å². The molecule has 23 heavy (non-hydrogen) atoms. The number of benzene rings is 1. The summed E-state index contributed by atoms with van der Waals surface area (Å²) in [5, 5.41) is 0. The third kappa shape index (κ3) is 2.37. The number of rotatable bonds is 3. The Kier molecular flexibility index (Phi) is 3.49.